The Kier molecular flexibility index (Phi) is 4.30. The summed E-state index contributed by atoms with van der Waals surface area (Å²) < 4.78 is 5.06. The summed E-state index contributed by atoms with van der Waals surface area (Å²) in [6.45, 7) is 2.90. The minimum Gasteiger partial charge on any atom is -0.374 e. The third kappa shape index (κ3) is 3.35. The molecule has 2 heteroatoms. The van der Waals surface area contributed by atoms with Gasteiger partial charge in [0.25, 0.3) is 0 Å². The van der Waals surface area contributed by atoms with Gasteiger partial charge in [-0.2, -0.15) is 0 Å². The van der Waals surface area contributed by atoms with Crippen molar-refractivity contribution in [3.63, 3.8) is 0 Å². The SMILES string of the molecule is CCOCC(=O)CC1CCCC1. The summed E-state index contributed by atoms with van der Waals surface area (Å²) in [5, 5.41) is 0. The second-order valence-corrected chi connectivity index (χ2v) is 3.53. The Morgan fingerprint density at radius 2 is 2.08 bits per heavy atom. The van der Waals surface area contributed by atoms with Gasteiger partial charge in [-0.1, -0.05) is 25.7 Å². The van der Waals surface area contributed by atoms with Crippen molar-refractivity contribution in [3.05, 3.63) is 0 Å². The Morgan fingerprint density at radius 1 is 1.42 bits per heavy atom. The number of carbonyl (C=O) groups is 1. The fourth-order valence-electron chi connectivity index (χ4n) is 1.81. The topological polar surface area (TPSA) is 26.3 Å². The van der Waals surface area contributed by atoms with E-state index in [1.165, 1.54) is 25.7 Å². The first kappa shape index (κ1) is 9.72. The zero-order valence-electron chi connectivity index (χ0n) is 7.84. The second kappa shape index (κ2) is 5.31. The van der Waals surface area contributed by atoms with Crippen LogP contribution in [0.4, 0.5) is 0 Å². The van der Waals surface area contributed by atoms with Crippen LogP contribution in [0.1, 0.15) is 39.0 Å². The molecule has 0 amide bonds. The van der Waals surface area contributed by atoms with Crippen LogP contribution in [-0.2, 0) is 9.53 Å². The average Bonchev–Trinajstić information content (AvgIpc) is 2.53. The van der Waals surface area contributed by atoms with Crippen LogP contribution < -0.4 is 0 Å². The van der Waals surface area contributed by atoms with E-state index in [9.17, 15) is 4.79 Å². The molecule has 1 fully saturated rings. The fourth-order valence-corrected chi connectivity index (χ4v) is 1.81. The molecule has 0 aromatic heterocycles. The minimum atomic E-state index is 0.281. The van der Waals surface area contributed by atoms with Crippen LogP contribution >= 0.6 is 0 Å². The lowest BCUT2D eigenvalue weighted by molar-refractivity contribution is -0.124. The summed E-state index contributed by atoms with van der Waals surface area (Å²) in [5.74, 6) is 0.946. The first-order chi connectivity index (χ1) is 5.83. The van der Waals surface area contributed by atoms with Crippen molar-refractivity contribution in [2.24, 2.45) is 5.92 Å². The van der Waals surface area contributed by atoms with E-state index in [1.807, 2.05) is 6.92 Å². The Labute approximate surface area is 74.3 Å². The quantitative estimate of drug-likeness (QED) is 0.632. The van der Waals surface area contributed by atoms with Crippen molar-refractivity contribution in [3.8, 4) is 0 Å². The van der Waals surface area contributed by atoms with Crippen molar-refractivity contribution in [2.75, 3.05) is 13.2 Å². The predicted octanol–water partition coefficient (Wildman–Crippen LogP) is 2.17. The highest BCUT2D eigenvalue weighted by Gasteiger charge is 2.17. The highest BCUT2D eigenvalue weighted by molar-refractivity contribution is 5.79. The van der Waals surface area contributed by atoms with Gasteiger partial charge in [0.2, 0.25) is 0 Å². The monoisotopic (exact) mass is 170 g/mol. The first-order valence-electron chi connectivity index (χ1n) is 4.92. The van der Waals surface area contributed by atoms with Crippen molar-refractivity contribution in [2.45, 2.75) is 39.0 Å². The maximum atomic E-state index is 11.2. The van der Waals surface area contributed by atoms with Gasteiger partial charge in [-0.15, -0.1) is 0 Å². The first-order valence-corrected chi connectivity index (χ1v) is 4.92. The molecule has 1 rings (SSSR count). The van der Waals surface area contributed by atoms with Crippen molar-refractivity contribution < 1.29 is 9.53 Å². The Hall–Kier alpha value is -0.370. The van der Waals surface area contributed by atoms with Crippen molar-refractivity contribution in [1.29, 1.82) is 0 Å². The molecule has 0 aromatic rings. The third-order valence-electron chi connectivity index (χ3n) is 2.46. The molecule has 0 aliphatic heterocycles. The summed E-state index contributed by atoms with van der Waals surface area (Å²) in [6, 6.07) is 0. The molecule has 1 aliphatic carbocycles. The van der Waals surface area contributed by atoms with Gasteiger partial charge in [0.15, 0.2) is 5.78 Å². The number of ketones is 1. The zero-order chi connectivity index (χ0) is 8.81. The Bertz CT molecular complexity index is 137. The highest BCUT2D eigenvalue weighted by atomic mass is 16.5. The Balaban J connectivity index is 2.08. The van der Waals surface area contributed by atoms with Crippen LogP contribution in [0.5, 0.6) is 0 Å². The van der Waals surface area contributed by atoms with Gasteiger partial charge in [-0.3, -0.25) is 4.79 Å². The summed E-state index contributed by atoms with van der Waals surface area (Å²) in [4.78, 5) is 11.2. The molecule has 70 valence electrons. The van der Waals surface area contributed by atoms with Gasteiger partial charge in [-0.25, -0.2) is 0 Å². The highest BCUT2D eigenvalue weighted by Crippen LogP contribution is 2.27. The van der Waals surface area contributed by atoms with Gasteiger partial charge in [-0.05, 0) is 12.8 Å². The maximum absolute atomic E-state index is 11.2. The van der Waals surface area contributed by atoms with Gasteiger partial charge in [0, 0.05) is 13.0 Å². The summed E-state index contributed by atoms with van der Waals surface area (Å²) >= 11 is 0. The molecule has 0 N–H and O–H groups in total. The van der Waals surface area contributed by atoms with E-state index < -0.39 is 0 Å². The van der Waals surface area contributed by atoms with Crippen molar-refractivity contribution in [1.82, 2.24) is 0 Å². The molecule has 2 nitrogen and oxygen atoms in total. The molecular weight excluding hydrogens is 152 g/mol. The number of carbonyl (C=O) groups excluding carboxylic acids is 1. The molecule has 0 atom stereocenters. The number of ether oxygens (including phenoxy) is 1. The largest absolute Gasteiger partial charge is 0.374 e. The van der Waals surface area contributed by atoms with Crippen LogP contribution in [0.15, 0.2) is 0 Å². The van der Waals surface area contributed by atoms with Crippen LogP contribution in [0.25, 0.3) is 0 Å². The van der Waals surface area contributed by atoms with E-state index in [1.54, 1.807) is 0 Å². The zero-order valence-corrected chi connectivity index (χ0v) is 7.84. The normalized spacial score (nSPS) is 18.4. The molecule has 1 aliphatic rings. The summed E-state index contributed by atoms with van der Waals surface area (Å²) in [6.07, 6.45) is 5.87. The molecular formula is C10H18O2. The number of Topliss-reactive ketones (excluding diaryl/α,β-unsaturated/α-hetero) is 1. The molecule has 0 saturated heterocycles. The van der Waals surface area contributed by atoms with E-state index in [0.29, 0.717) is 19.1 Å². The smallest absolute Gasteiger partial charge is 0.158 e. The second-order valence-electron chi connectivity index (χ2n) is 3.53. The molecule has 1 saturated carbocycles. The fraction of sp³-hybridized carbons (Fsp3) is 0.900. The molecule has 0 bridgehead atoms. The predicted molar refractivity (Wildman–Crippen MR) is 48.1 cm³/mol. The van der Waals surface area contributed by atoms with Gasteiger partial charge in [0.05, 0.1) is 0 Å². The van der Waals surface area contributed by atoms with Crippen molar-refractivity contribution >= 4 is 5.78 Å². The van der Waals surface area contributed by atoms with Crippen LogP contribution in [-0.4, -0.2) is 19.0 Å². The lowest BCUT2D eigenvalue weighted by atomic mass is 10.0. The lowest BCUT2D eigenvalue weighted by Crippen LogP contribution is -2.12. The van der Waals surface area contributed by atoms with Gasteiger partial charge < -0.3 is 4.74 Å². The molecule has 12 heavy (non-hydrogen) atoms. The molecule has 0 radical (unpaired) electrons. The van der Waals surface area contributed by atoms with Crippen LogP contribution in [0, 0.1) is 5.92 Å². The van der Waals surface area contributed by atoms with Crippen LogP contribution in [0.3, 0.4) is 0 Å². The average molecular weight is 170 g/mol. The van der Waals surface area contributed by atoms with Gasteiger partial charge >= 0.3 is 0 Å². The van der Waals surface area contributed by atoms with E-state index in [2.05, 4.69) is 0 Å². The molecule has 0 unspecified atom stereocenters. The van der Waals surface area contributed by atoms with E-state index >= 15 is 0 Å². The van der Waals surface area contributed by atoms with Crippen LogP contribution in [0.2, 0.25) is 0 Å². The lowest BCUT2D eigenvalue weighted by Gasteiger charge is -2.06. The number of hydrogen-bond donors (Lipinski definition) is 0. The summed E-state index contributed by atoms with van der Waals surface area (Å²) in [5.41, 5.74) is 0. The number of rotatable bonds is 5. The van der Waals surface area contributed by atoms with E-state index in [0.717, 1.165) is 6.42 Å². The van der Waals surface area contributed by atoms with E-state index in [-0.39, 0.29) is 5.78 Å². The van der Waals surface area contributed by atoms with E-state index in [4.69, 9.17) is 4.74 Å². The van der Waals surface area contributed by atoms with Gasteiger partial charge in [0.1, 0.15) is 6.61 Å². The molecule has 0 heterocycles. The standard InChI is InChI=1S/C10H18O2/c1-2-12-8-10(11)7-9-5-3-4-6-9/h9H,2-8H2,1H3. The number of hydrogen-bond acceptors (Lipinski definition) is 2. The molecule has 0 spiro atoms. The maximum Gasteiger partial charge on any atom is 0.158 e. The Morgan fingerprint density at radius 3 is 2.67 bits per heavy atom. The third-order valence-corrected chi connectivity index (χ3v) is 2.46. The minimum absolute atomic E-state index is 0.281. The molecule has 0 aromatic carbocycles. The summed E-state index contributed by atoms with van der Waals surface area (Å²) in [7, 11) is 0.